The number of nitrogens with zero attached hydrogens (tertiary/aromatic N) is 2. The van der Waals surface area contributed by atoms with E-state index in [1.807, 2.05) is 0 Å². The van der Waals surface area contributed by atoms with Crippen LogP contribution in [0.25, 0.3) is 0 Å². The second-order valence-electron chi connectivity index (χ2n) is 2.00. The normalized spacial score (nSPS) is 11.5. The zero-order valence-electron chi connectivity index (χ0n) is 6.17. The minimum Gasteiger partial charge on any atom is -0.198 e. The van der Waals surface area contributed by atoms with E-state index in [0.717, 1.165) is 18.7 Å². The van der Waals surface area contributed by atoms with E-state index in [9.17, 15) is 0 Å². The maximum atomic E-state index is 8.55. The highest BCUT2D eigenvalue weighted by Gasteiger charge is 2.03. The SMILES string of the molecule is CCCP(C#N)CCC#N. The van der Waals surface area contributed by atoms with Gasteiger partial charge in [0.05, 0.1) is 11.9 Å². The van der Waals surface area contributed by atoms with Crippen LogP contribution in [0.3, 0.4) is 0 Å². The van der Waals surface area contributed by atoms with Crippen LogP contribution < -0.4 is 0 Å². The van der Waals surface area contributed by atoms with Gasteiger partial charge in [0.25, 0.3) is 0 Å². The Hall–Kier alpha value is -0.590. The minimum atomic E-state index is -0.481. The summed E-state index contributed by atoms with van der Waals surface area (Å²) in [6.07, 6.45) is 3.40. The molecule has 54 valence electrons. The maximum Gasteiger partial charge on any atom is 0.0872 e. The molecule has 0 amide bonds. The Morgan fingerprint density at radius 1 is 1.30 bits per heavy atom. The highest BCUT2D eigenvalue weighted by atomic mass is 31.1. The molecule has 0 aliphatic heterocycles. The fourth-order valence-electron chi connectivity index (χ4n) is 0.667. The predicted octanol–water partition coefficient (Wildman–Crippen LogP) is 2.27. The van der Waals surface area contributed by atoms with Crippen molar-refractivity contribution in [3.8, 4) is 11.9 Å². The lowest BCUT2D eigenvalue weighted by Crippen LogP contribution is -1.85. The van der Waals surface area contributed by atoms with Crippen LogP contribution in [0.4, 0.5) is 0 Å². The number of hydrogen-bond donors (Lipinski definition) is 0. The highest BCUT2D eigenvalue weighted by molar-refractivity contribution is 7.62. The minimum absolute atomic E-state index is 0.481. The third-order valence-corrected chi connectivity index (χ3v) is 3.16. The highest BCUT2D eigenvalue weighted by Crippen LogP contribution is 2.34. The van der Waals surface area contributed by atoms with Crippen LogP contribution in [-0.4, -0.2) is 12.3 Å². The molecule has 0 spiro atoms. The molecule has 0 aliphatic rings. The van der Waals surface area contributed by atoms with Gasteiger partial charge in [-0.2, -0.15) is 10.5 Å². The number of rotatable bonds is 4. The lowest BCUT2D eigenvalue weighted by Gasteiger charge is -2.02. The summed E-state index contributed by atoms with van der Waals surface area (Å²) in [6.45, 7) is 2.07. The summed E-state index contributed by atoms with van der Waals surface area (Å²) in [5.74, 6) is 2.25. The molecule has 0 bridgehead atoms. The van der Waals surface area contributed by atoms with E-state index >= 15 is 0 Å². The van der Waals surface area contributed by atoms with Crippen molar-refractivity contribution in [2.45, 2.75) is 19.8 Å². The molecular weight excluding hydrogens is 143 g/mol. The fraction of sp³-hybridized carbons (Fsp3) is 0.714. The van der Waals surface area contributed by atoms with E-state index < -0.39 is 7.92 Å². The second-order valence-corrected chi connectivity index (χ2v) is 4.17. The molecule has 0 heterocycles. The van der Waals surface area contributed by atoms with Gasteiger partial charge in [-0.05, 0) is 12.3 Å². The van der Waals surface area contributed by atoms with Gasteiger partial charge in [-0.1, -0.05) is 13.3 Å². The summed E-state index contributed by atoms with van der Waals surface area (Å²) in [4.78, 5) is 0. The van der Waals surface area contributed by atoms with Gasteiger partial charge < -0.3 is 0 Å². The first kappa shape index (κ1) is 9.41. The monoisotopic (exact) mass is 154 g/mol. The Balaban J connectivity index is 3.45. The van der Waals surface area contributed by atoms with Crippen molar-refractivity contribution in [2.24, 2.45) is 0 Å². The maximum absolute atomic E-state index is 8.55. The van der Waals surface area contributed by atoms with Crippen molar-refractivity contribution in [1.29, 1.82) is 10.5 Å². The first-order valence-electron chi connectivity index (χ1n) is 3.36. The van der Waals surface area contributed by atoms with Gasteiger partial charge >= 0.3 is 0 Å². The summed E-state index contributed by atoms with van der Waals surface area (Å²) in [5, 5.41) is 16.8. The van der Waals surface area contributed by atoms with Gasteiger partial charge in [0, 0.05) is 14.3 Å². The molecule has 0 N–H and O–H groups in total. The van der Waals surface area contributed by atoms with Crippen molar-refractivity contribution in [3.63, 3.8) is 0 Å². The van der Waals surface area contributed by atoms with Crippen LogP contribution in [-0.2, 0) is 0 Å². The Morgan fingerprint density at radius 3 is 2.40 bits per heavy atom. The van der Waals surface area contributed by atoms with Gasteiger partial charge in [0.2, 0.25) is 0 Å². The van der Waals surface area contributed by atoms with Gasteiger partial charge in [0.15, 0.2) is 0 Å². The van der Waals surface area contributed by atoms with Gasteiger partial charge in [0.1, 0.15) is 0 Å². The van der Waals surface area contributed by atoms with Crippen LogP contribution in [0.15, 0.2) is 0 Å². The smallest absolute Gasteiger partial charge is 0.0872 e. The molecule has 0 aliphatic carbocycles. The first-order valence-corrected chi connectivity index (χ1v) is 5.08. The Morgan fingerprint density at radius 2 is 2.00 bits per heavy atom. The second kappa shape index (κ2) is 6.53. The average Bonchev–Trinajstić information content (AvgIpc) is 1.98. The van der Waals surface area contributed by atoms with Crippen LogP contribution in [0.5, 0.6) is 0 Å². The lowest BCUT2D eigenvalue weighted by molar-refractivity contribution is 1.09. The predicted molar refractivity (Wildman–Crippen MR) is 42.8 cm³/mol. The number of hydrogen-bond acceptors (Lipinski definition) is 2. The van der Waals surface area contributed by atoms with E-state index in [4.69, 9.17) is 10.5 Å². The molecule has 0 saturated heterocycles. The van der Waals surface area contributed by atoms with E-state index in [2.05, 4.69) is 18.8 Å². The topological polar surface area (TPSA) is 47.6 Å². The standard InChI is InChI=1S/C7H11N2P/c1-2-5-10(7-9)6-3-4-8/h2-3,5-6H2,1H3. The van der Waals surface area contributed by atoms with Crippen molar-refractivity contribution in [3.05, 3.63) is 0 Å². The Kier molecular flexibility index (Phi) is 6.14. The van der Waals surface area contributed by atoms with Crippen LogP contribution in [0.2, 0.25) is 0 Å². The summed E-state index contributed by atoms with van der Waals surface area (Å²) < 4.78 is 0. The van der Waals surface area contributed by atoms with Crippen molar-refractivity contribution in [2.75, 3.05) is 12.3 Å². The molecule has 3 heteroatoms. The molecule has 2 nitrogen and oxygen atoms in total. The van der Waals surface area contributed by atoms with E-state index in [-0.39, 0.29) is 0 Å². The van der Waals surface area contributed by atoms with Crippen LogP contribution >= 0.6 is 7.92 Å². The summed E-state index contributed by atoms with van der Waals surface area (Å²) in [5.41, 5.74) is 0. The molecule has 10 heavy (non-hydrogen) atoms. The summed E-state index contributed by atoms with van der Waals surface area (Å²) in [6, 6.07) is 2.06. The first-order chi connectivity index (χ1) is 4.85. The van der Waals surface area contributed by atoms with Crippen LogP contribution in [0, 0.1) is 22.4 Å². The quantitative estimate of drug-likeness (QED) is 0.583. The fourth-order valence-corrected chi connectivity index (χ4v) is 2.00. The third-order valence-electron chi connectivity index (χ3n) is 1.13. The van der Waals surface area contributed by atoms with Crippen molar-refractivity contribution in [1.82, 2.24) is 0 Å². The Bertz CT molecular complexity index is 154. The molecule has 0 radical (unpaired) electrons. The largest absolute Gasteiger partial charge is 0.198 e. The van der Waals surface area contributed by atoms with Gasteiger partial charge in [-0.15, -0.1) is 0 Å². The van der Waals surface area contributed by atoms with Crippen LogP contribution in [0.1, 0.15) is 19.8 Å². The number of nitriles is 2. The Labute approximate surface area is 63.2 Å². The molecule has 0 saturated carbocycles. The third kappa shape index (κ3) is 4.30. The van der Waals surface area contributed by atoms with Gasteiger partial charge in [-0.3, -0.25) is 0 Å². The molecule has 0 aromatic rings. The zero-order chi connectivity index (χ0) is 7.82. The zero-order valence-corrected chi connectivity index (χ0v) is 7.06. The molecule has 0 fully saturated rings. The average molecular weight is 154 g/mol. The summed E-state index contributed by atoms with van der Waals surface area (Å²) >= 11 is 0. The lowest BCUT2D eigenvalue weighted by atomic mass is 10.6. The molecule has 0 aromatic carbocycles. The van der Waals surface area contributed by atoms with Gasteiger partial charge in [-0.25, -0.2) is 0 Å². The van der Waals surface area contributed by atoms with Crippen molar-refractivity contribution >= 4 is 7.92 Å². The van der Waals surface area contributed by atoms with E-state index in [1.54, 1.807) is 0 Å². The van der Waals surface area contributed by atoms with Crippen molar-refractivity contribution < 1.29 is 0 Å². The molecular formula is C7H11N2P. The molecule has 1 atom stereocenters. The molecule has 0 aromatic heterocycles. The molecule has 0 rings (SSSR count). The summed E-state index contributed by atoms with van der Waals surface area (Å²) in [7, 11) is -0.481. The van der Waals surface area contributed by atoms with E-state index in [0.29, 0.717) is 6.42 Å². The van der Waals surface area contributed by atoms with E-state index in [1.165, 1.54) is 0 Å². The molecule has 1 unspecified atom stereocenters.